The summed E-state index contributed by atoms with van der Waals surface area (Å²) in [6, 6.07) is 6.33. The molecule has 0 N–H and O–H groups in total. The first-order valence-corrected chi connectivity index (χ1v) is 7.01. The predicted octanol–water partition coefficient (Wildman–Crippen LogP) is 4.49. The number of hydrogen-bond donors (Lipinski definition) is 0. The molecule has 0 aliphatic carbocycles. The van der Waals surface area contributed by atoms with Gasteiger partial charge in [0.1, 0.15) is 5.75 Å². The quantitative estimate of drug-likeness (QED) is 0.699. The highest BCUT2D eigenvalue weighted by Crippen LogP contribution is 2.19. The molecule has 1 aromatic rings. The van der Waals surface area contributed by atoms with Gasteiger partial charge in [-0.05, 0) is 44.2 Å². The van der Waals surface area contributed by atoms with Crippen LogP contribution in [0.3, 0.4) is 0 Å². The summed E-state index contributed by atoms with van der Waals surface area (Å²) in [7, 11) is 0. The SMILES string of the molecule is Cc1ccc(OCCC(C)CCBr)c(C)c1. The van der Waals surface area contributed by atoms with Crippen molar-refractivity contribution in [1.29, 1.82) is 0 Å². The Bertz CT molecular complexity index is 323. The van der Waals surface area contributed by atoms with Gasteiger partial charge < -0.3 is 4.74 Å². The lowest BCUT2D eigenvalue weighted by Gasteiger charge is -2.12. The maximum absolute atomic E-state index is 5.79. The molecule has 1 atom stereocenters. The number of benzene rings is 1. The van der Waals surface area contributed by atoms with Gasteiger partial charge in [0.15, 0.2) is 0 Å². The molecule has 1 rings (SSSR count). The number of hydrogen-bond acceptors (Lipinski definition) is 1. The molecule has 0 amide bonds. The third-order valence-electron chi connectivity index (χ3n) is 2.80. The minimum Gasteiger partial charge on any atom is -0.493 e. The van der Waals surface area contributed by atoms with Gasteiger partial charge in [-0.3, -0.25) is 0 Å². The Labute approximate surface area is 107 Å². The summed E-state index contributed by atoms with van der Waals surface area (Å²) in [5, 5.41) is 1.08. The van der Waals surface area contributed by atoms with Crippen molar-refractivity contribution in [2.24, 2.45) is 5.92 Å². The molecule has 0 saturated carbocycles. The molecule has 0 spiro atoms. The van der Waals surface area contributed by atoms with E-state index in [-0.39, 0.29) is 0 Å². The fourth-order valence-corrected chi connectivity index (χ4v) is 2.44. The summed E-state index contributed by atoms with van der Waals surface area (Å²) < 4.78 is 5.79. The van der Waals surface area contributed by atoms with Gasteiger partial charge in [-0.25, -0.2) is 0 Å². The summed E-state index contributed by atoms with van der Waals surface area (Å²) in [5.41, 5.74) is 2.52. The third kappa shape index (κ3) is 4.56. The molecule has 0 aliphatic heterocycles. The Kier molecular flexibility index (Phi) is 5.89. The molecule has 0 heterocycles. The van der Waals surface area contributed by atoms with Crippen molar-refractivity contribution in [2.75, 3.05) is 11.9 Å². The van der Waals surface area contributed by atoms with Gasteiger partial charge in [0, 0.05) is 5.33 Å². The maximum atomic E-state index is 5.79. The van der Waals surface area contributed by atoms with Gasteiger partial charge in [0.2, 0.25) is 0 Å². The Morgan fingerprint density at radius 3 is 2.62 bits per heavy atom. The van der Waals surface area contributed by atoms with Crippen LogP contribution in [0.4, 0.5) is 0 Å². The fraction of sp³-hybridized carbons (Fsp3) is 0.571. The highest BCUT2D eigenvalue weighted by Gasteiger charge is 2.03. The van der Waals surface area contributed by atoms with E-state index in [4.69, 9.17) is 4.74 Å². The zero-order chi connectivity index (χ0) is 12.0. The van der Waals surface area contributed by atoms with Gasteiger partial charge in [-0.15, -0.1) is 0 Å². The second kappa shape index (κ2) is 6.95. The van der Waals surface area contributed by atoms with E-state index >= 15 is 0 Å². The normalized spacial score (nSPS) is 12.5. The van der Waals surface area contributed by atoms with E-state index in [9.17, 15) is 0 Å². The van der Waals surface area contributed by atoms with E-state index in [0.29, 0.717) is 0 Å². The number of rotatable bonds is 6. The third-order valence-corrected chi connectivity index (χ3v) is 3.26. The molecule has 1 aromatic carbocycles. The van der Waals surface area contributed by atoms with Gasteiger partial charge in [-0.2, -0.15) is 0 Å². The monoisotopic (exact) mass is 284 g/mol. The Hall–Kier alpha value is -0.500. The van der Waals surface area contributed by atoms with Crippen LogP contribution >= 0.6 is 15.9 Å². The zero-order valence-electron chi connectivity index (χ0n) is 10.4. The molecule has 0 bridgehead atoms. The van der Waals surface area contributed by atoms with Crippen LogP contribution in [0.15, 0.2) is 18.2 Å². The minimum atomic E-state index is 0.727. The van der Waals surface area contributed by atoms with Crippen molar-refractivity contribution in [2.45, 2.75) is 33.6 Å². The average molecular weight is 285 g/mol. The molecule has 0 aliphatic rings. The van der Waals surface area contributed by atoms with Gasteiger partial charge in [0.25, 0.3) is 0 Å². The van der Waals surface area contributed by atoms with Crippen molar-refractivity contribution in [3.8, 4) is 5.75 Å². The van der Waals surface area contributed by atoms with Gasteiger partial charge >= 0.3 is 0 Å². The van der Waals surface area contributed by atoms with Crippen LogP contribution in [0.2, 0.25) is 0 Å². The first kappa shape index (κ1) is 13.6. The van der Waals surface area contributed by atoms with E-state index in [2.05, 4.69) is 54.9 Å². The zero-order valence-corrected chi connectivity index (χ0v) is 12.0. The molecule has 16 heavy (non-hydrogen) atoms. The average Bonchev–Trinajstić information content (AvgIpc) is 2.22. The lowest BCUT2D eigenvalue weighted by atomic mass is 10.1. The number of alkyl halides is 1. The lowest BCUT2D eigenvalue weighted by Crippen LogP contribution is -2.05. The highest BCUT2D eigenvalue weighted by atomic mass is 79.9. The summed E-state index contributed by atoms with van der Waals surface area (Å²) in [4.78, 5) is 0. The predicted molar refractivity (Wildman–Crippen MR) is 73.6 cm³/mol. The van der Waals surface area contributed by atoms with E-state index in [1.54, 1.807) is 0 Å². The molecule has 1 unspecified atom stereocenters. The van der Waals surface area contributed by atoms with Gasteiger partial charge in [-0.1, -0.05) is 40.5 Å². The summed E-state index contributed by atoms with van der Waals surface area (Å²) >= 11 is 3.47. The standard InChI is InChI=1S/C14H21BrO/c1-11(6-8-15)7-9-16-14-5-4-12(2)10-13(14)3/h4-5,10-11H,6-9H2,1-3H3. The van der Waals surface area contributed by atoms with Gasteiger partial charge in [0.05, 0.1) is 6.61 Å². The smallest absolute Gasteiger partial charge is 0.122 e. The first-order chi connectivity index (χ1) is 7.63. The highest BCUT2D eigenvalue weighted by molar-refractivity contribution is 9.09. The van der Waals surface area contributed by atoms with E-state index in [1.165, 1.54) is 17.5 Å². The Morgan fingerprint density at radius 1 is 1.25 bits per heavy atom. The van der Waals surface area contributed by atoms with E-state index in [0.717, 1.165) is 30.0 Å². The second-order valence-electron chi connectivity index (χ2n) is 4.49. The molecule has 1 nitrogen and oxygen atoms in total. The second-order valence-corrected chi connectivity index (χ2v) is 5.28. The van der Waals surface area contributed by atoms with Crippen LogP contribution in [-0.4, -0.2) is 11.9 Å². The van der Waals surface area contributed by atoms with Crippen molar-refractivity contribution in [1.82, 2.24) is 0 Å². The Balaban J connectivity index is 2.37. The molecule has 2 heteroatoms. The summed E-state index contributed by atoms with van der Waals surface area (Å²) in [5.74, 6) is 1.75. The number of ether oxygens (including phenoxy) is 1. The van der Waals surface area contributed by atoms with Crippen LogP contribution in [0.5, 0.6) is 5.75 Å². The number of aryl methyl sites for hydroxylation is 2. The summed E-state index contributed by atoms with van der Waals surface area (Å²) in [6.45, 7) is 7.30. The molecule has 0 radical (unpaired) electrons. The van der Waals surface area contributed by atoms with Crippen molar-refractivity contribution in [3.63, 3.8) is 0 Å². The molecular formula is C14H21BrO. The van der Waals surface area contributed by atoms with Crippen LogP contribution < -0.4 is 4.74 Å². The topological polar surface area (TPSA) is 9.23 Å². The van der Waals surface area contributed by atoms with Crippen molar-refractivity contribution < 1.29 is 4.74 Å². The molecule has 0 saturated heterocycles. The van der Waals surface area contributed by atoms with Crippen molar-refractivity contribution >= 4 is 15.9 Å². The summed E-state index contributed by atoms with van der Waals surface area (Å²) in [6.07, 6.45) is 2.34. The number of halogens is 1. The van der Waals surface area contributed by atoms with E-state index in [1.807, 2.05) is 0 Å². The van der Waals surface area contributed by atoms with Crippen LogP contribution in [-0.2, 0) is 0 Å². The largest absolute Gasteiger partial charge is 0.493 e. The van der Waals surface area contributed by atoms with E-state index < -0.39 is 0 Å². The Morgan fingerprint density at radius 2 is 2.00 bits per heavy atom. The molecule has 0 fully saturated rings. The molecular weight excluding hydrogens is 264 g/mol. The van der Waals surface area contributed by atoms with Crippen LogP contribution in [0.25, 0.3) is 0 Å². The van der Waals surface area contributed by atoms with Crippen LogP contribution in [0.1, 0.15) is 30.9 Å². The lowest BCUT2D eigenvalue weighted by molar-refractivity contribution is 0.280. The maximum Gasteiger partial charge on any atom is 0.122 e. The van der Waals surface area contributed by atoms with Crippen molar-refractivity contribution in [3.05, 3.63) is 29.3 Å². The minimum absolute atomic E-state index is 0.727. The first-order valence-electron chi connectivity index (χ1n) is 5.89. The van der Waals surface area contributed by atoms with Crippen LogP contribution in [0, 0.1) is 19.8 Å². The molecule has 90 valence electrons. The fourth-order valence-electron chi connectivity index (χ4n) is 1.66. The molecule has 0 aromatic heterocycles.